The molecule has 0 atom stereocenters. The average molecular weight is 391 g/mol. The van der Waals surface area contributed by atoms with Crippen LogP contribution in [0.1, 0.15) is 19.8 Å². The molecule has 1 aliphatic rings. The average Bonchev–Trinajstić information content (AvgIpc) is 2.64. The van der Waals surface area contributed by atoms with Gasteiger partial charge in [0.25, 0.3) is 0 Å². The smallest absolute Gasteiger partial charge is 0.302 e. The number of rotatable bonds is 6. The summed E-state index contributed by atoms with van der Waals surface area (Å²) in [6, 6.07) is 11.5. The van der Waals surface area contributed by atoms with Crippen LogP contribution in [0.5, 0.6) is 0 Å². The molecule has 2 aromatic rings. The molecule has 3 rings (SSSR count). The van der Waals surface area contributed by atoms with Gasteiger partial charge in [0, 0.05) is 38.6 Å². The topological polar surface area (TPSA) is 90.5 Å². The fourth-order valence-electron chi connectivity index (χ4n) is 2.85. The molecule has 0 spiro atoms. The summed E-state index contributed by atoms with van der Waals surface area (Å²) in [4.78, 5) is 2.41. The molecule has 2 N–H and O–H groups in total. The van der Waals surface area contributed by atoms with E-state index < -0.39 is 10.2 Å². The molecule has 0 aliphatic carbocycles. The van der Waals surface area contributed by atoms with Crippen LogP contribution in [0.25, 0.3) is 0 Å². The van der Waals surface area contributed by atoms with Crippen LogP contribution in [0.3, 0.4) is 0 Å². The third kappa shape index (κ3) is 5.08. The fourth-order valence-corrected chi connectivity index (χ4v) is 3.40. The number of benzene rings is 1. The van der Waals surface area contributed by atoms with Crippen molar-refractivity contribution in [2.24, 2.45) is 5.92 Å². The normalized spacial score (nSPS) is 15.8. The monoisotopic (exact) mass is 390 g/mol. The highest BCUT2D eigenvalue weighted by atomic mass is 32.2. The maximum absolute atomic E-state index is 11.8. The molecule has 1 fully saturated rings. The van der Waals surface area contributed by atoms with Crippen LogP contribution < -0.4 is 14.9 Å². The van der Waals surface area contributed by atoms with E-state index in [0.717, 1.165) is 29.0 Å². The van der Waals surface area contributed by atoms with E-state index in [9.17, 15) is 8.42 Å². The lowest BCUT2D eigenvalue weighted by molar-refractivity contribution is 0.438. The molecule has 27 heavy (non-hydrogen) atoms. The predicted molar refractivity (Wildman–Crippen MR) is 109 cm³/mol. The van der Waals surface area contributed by atoms with E-state index in [0.29, 0.717) is 5.82 Å². The van der Waals surface area contributed by atoms with Gasteiger partial charge in [0.05, 0.1) is 0 Å². The summed E-state index contributed by atoms with van der Waals surface area (Å²) < 4.78 is 27.0. The Kier molecular flexibility index (Phi) is 5.81. The van der Waals surface area contributed by atoms with Crippen molar-refractivity contribution in [3.05, 3.63) is 36.4 Å². The van der Waals surface area contributed by atoms with E-state index in [4.69, 9.17) is 0 Å². The maximum Gasteiger partial charge on any atom is 0.302 e. The standard InChI is InChI=1S/C18H26N6O2S/c1-14-10-12-24(13-11-14)16-6-4-15(5-7-16)19-17-8-9-18(21-20-17)22-27(25,26)23(2)3/h4-9,14H,10-13H2,1-3H3,(H,19,20)(H,21,22). The van der Waals surface area contributed by atoms with Gasteiger partial charge in [-0.1, -0.05) is 6.92 Å². The summed E-state index contributed by atoms with van der Waals surface area (Å²) in [6.45, 7) is 4.51. The predicted octanol–water partition coefficient (Wildman–Crippen LogP) is 2.67. The van der Waals surface area contributed by atoms with Crippen LogP contribution in [-0.2, 0) is 10.2 Å². The Bertz CT molecular complexity index is 844. The second-order valence-corrected chi connectivity index (χ2v) is 8.92. The molecule has 8 nitrogen and oxygen atoms in total. The minimum atomic E-state index is -3.59. The molecule has 146 valence electrons. The van der Waals surface area contributed by atoms with E-state index >= 15 is 0 Å². The Hall–Kier alpha value is -2.39. The van der Waals surface area contributed by atoms with Crippen molar-refractivity contribution in [1.82, 2.24) is 14.5 Å². The summed E-state index contributed by atoms with van der Waals surface area (Å²) in [5, 5.41) is 11.1. The van der Waals surface area contributed by atoms with Gasteiger partial charge < -0.3 is 10.2 Å². The molecule has 1 saturated heterocycles. The van der Waals surface area contributed by atoms with Crippen LogP contribution in [0.15, 0.2) is 36.4 Å². The zero-order chi connectivity index (χ0) is 19.4. The van der Waals surface area contributed by atoms with Crippen molar-refractivity contribution < 1.29 is 8.42 Å². The lowest BCUT2D eigenvalue weighted by Crippen LogP contribution is -2.32. The summed E-state index contributed by atoms with van der Waals surface area (Å²) in [5.74, 6) is 1.53. The van der Waals surface area contributed by atoms with Gasteiger partial charge >= 0.3 is 10.2 Å². The molecule has 1 aromatic carbocycles. The number of aromatic nitrogens is 2. The summed E-state index contributed by atoms with van der Waals surface area (Å²) in [6.07, 6.45) is 2.47. The third-order valence-electron chi connectivity index (χ3n) is 4.67. The first-order valence-electron chi connectivity index (χ1n) is 8.99. The van der Waals surface area contributed by atoms with Gasteiger partial charge in [0.15, 0.2) is 11.6 Å². The van der Waals surface area contributed by atoms with Gasteiger partial charge in [0.2, 0.25) is 0 Å². The molecule has 0 unspecified atom stereocenters. The second-order valence-electron chi connectivity index (χ2n) is 7.03. The highest BCUT2D eigenvalue weighted by Crippen LogP contribution is 2.25. The van der Waals surface area contributed by atoms with Gasteiger partial charge in [-0.3, -0.25) is 4.72 Å². The summed E-state index contributed by atoms with van der Waals surface area (Å²) in [5.41, 5.74) is 2.13. The zero-order valence-corrected chi connectivity index (χ0v) is 16.7. The summed E-state index contributed by atoms with van der Waals surface area (Å²) >= 11 is 0. The number of hydrogen-bond donors (Lipinski definition) is 2. The van der Waals surface area contributed by atoms with Gasteiger partial charge in [-0.2, -0.15) is 12.7 Å². The van der Waals surface area contributed by atoms with E-state index in [1.807, 2.05) is 12.1 Å². The molecule has 9 heteroatoms. The minimum Gasteiger partial charge on any atom is -0.372 e. The second kappa shape index (κ2) is 8.10. The van der Waals surface area contributed by atoms with Gasteiger partial charge in [-0.05, 0) is 55.2 Å². The van der Waals surface area contributed by atoms with E-state index in [1.165, 1.54) is 32.6 Å². The van der Waals surface area contributed by atoms with Crippen LogP contribution in [0.4, 0.5) is 23.0 Å². The first-order valence-corrected chi connectivity index (χ1v) is 10.4. The van der Waals surface area contributed by atoms with Crippen LogP contribution in [0, 0.1) is 5.92 Å². The van der Waals surface area contributed by atoms with Crippen molar-refractivity contribution in [3.63, 3.8) is 0 Å². The highest BCUT2D eigenvalue weighted by Gasteiger charge is 2.16. The molecule has 0 saturated carbocycles. The van der Waals surface area contributed by atoms with Crippen molar-refractivity contribution in [1.29, 1.82) is 0 Å². The molecule has 1 aromatic heterocycles. The maximum atomic E-state index is 11.8. The van der Waals surface area contributed by atoms with Crippen LogP contribution >= 0.6 is 0 Å². The molecule has 0 radical (unpaired) electrons. The third-order valence-corrected chi connectivity index (χ3v) is 6.10. The zero-order valence-electron chi connectivity index (χ0n) is 15.9. The SMILES string of the molecule is CC1CCN(c2ccc(Nc3ccc(NS(=O)(=O)N(C)C)nn3)cc2)CC1. The van der Waals surface area contributed by atoms with E-state index in [-0.39, 0.29) is 5.82 Å². The fraction of sp³-hybridized carbons (Fsp3) is 0.444. The van der Waals surface area contributed by atoms with Crippen molar-refractivity contribution in [3.8, 4) is 0 Å². The van der Waals surface area contributed by atoms with Crippen LogP contribution in [0.2, 0.25) is 0 Å². The number of nitrogens with zero attached hydrogens (tertiary/aromatic N) is 4. The number of anilines is 4. The van der Waals surface area contributed by atoms with E-state index in [1.54, 1.807) is 12.1 Å². The first kappa shape index (κ1) is 19.4. The highest BCUT2D eigenvalue weighted by molar-refractivity contribution is 7.90. The number of piperidine rings is 1. The van der Waals surface area contributed by atoms with Gasteiger partial charge in [-0.15, -0.1) is 10.2 Å². The Morgan fingerprint density at radius 2 is 1.59 bits per heavy atom. The molecule has 1 aliphatic heterocycles. The van der Waals surface area contributed by atoms with E-state index in [2.05, 4.69) is 44.2 Å². The Morgan fingerprint density at radius 3 is 2.15 bits per heavy atom. The quantitative estimate of drug-likeness (QED) is 0.788. The Balaban J connectivity index is 1.60. The van der Waals surface area contributed by atoms with Crippen LogP contribution in [-0.4, -0.2) is 50.1 Å². The molecule has 0 bridgehead atoms. The number of hydrogen-bond acceptors (Lipinski definition) is 6. The molecule has 0 amide bonds. The number of nitrogens with one attached hydrogen (secondary N) is 2. The Morgan fingerprint density at radius 1 is 1.00 bits per heavy atom. The lowest BCUT2D eigenvalue weighted by atomic mass is 9.99. The van der Waals surface area contributed by atoms with Crippen molar-refractivity contribution in [2.45, 2.75) is 19.8 Å². The van der Waals surface area contributed by atoms with Gasteiger partial charge in [-0.25, -0.2) is 0 Å². The van der Waals surface area contributed by atoms with Gasteiger partial charge in [0.1, 0.15) is 0 Å². The molecular formula is C18H26N6O2S. The largest absolute Gasteiger partial charge is 0.372 e. The lowest BCUT2D eigenvalue weighted by Gasteiger charge is -2.32. The first-order chi connectivity index (χ1) is 12.8. The molecular weight excluding hydrogens is 364 g/mol. The molecule has 2 heterocycles. The van der Waals surface area contributed by atoms with Crippen molar-refractivity contribution in [2.75, 3.05) is 42.1 Å². The Labute approximate surface area is 160 Å². The summed E-state index contributed by atoms with van der Waals surface area (Å²) in [7, 11) is -0.698. The van der Waals surface area contributed by atoms with Crippen molar-refractivity contribution >= 4 is 33.2 Å². The minimum absolute atomic E-state index is 0.170.